The lowest BCUT2D eigenvalue weighted by Crippen LogP contribution is -2.36. The van der Waals surface area contributed by atoms with E-state index in [1.165, 1.54) is 0 Å². The van der Waals surface area contributed by atoms with E-state index in [4.69, 9.17) is 0 Å². The SMILES string of the molecule is Cc1ncccc1C(=O)C1CC2CCC(C1)S2(=O)=O. The minimum absolute atomic E-state index is 0.0670. The van der Waals surface area contributed by atoms with Crippen molar-refractivity contribution in [3.63, 3.8) is 0 Å². The molecule has 2 aliphatic heterocycles. The van der Waals surface area contributed by atoms with Gasteiger partial charge in [-0.3, -0.25) is 9.78 Å². The molecule has 1 aromatic rings. The van der Waals surface area contributed by atoms with Crippen LogP contribution in [0.2, 0.25) is 0 Å². The standard InChI is InChI=1S/C14H17NO3S/c1-9-13(3-2-6-15-9)14(16)10-7-11-4-5-12(8-10)19(11,17)18/h2-3,6,10-12H,4-5,7-8H2,1H3. The summed E-state index contributed by atoms with van der Waals surface area (Å²) < 4.78 is 24.0. The van der Waals surface area contributed by atoms with E-state index >= 15 is 0 Å². The monoisotopic (exact) mass is 279 g/mol. The molecule has 2 fully saturated rings. The van der Waals surface area contributed by atoms with Gasteiger partial charge in [-0.25, -0.2) is 8.42 Å². The molecule has 3 rings (SSSR count). The Kier molecular flexibility index (Phi) is 2.96. The summed E-state index contributed by atoms with van der Waals surface area (Å²) in [6.45, 7) is 1.82. The lowest BCUT2D eigenvalue weighted by Gasteiger charge is -2.27. The van der Waals surface area contributed by atoms with Gasteiger partial charge in [0.05, 0.1) is 10.5 Å². The van der Waals surface area contributed by atoms with Crippen LogP contribution in [0.3, 0.4) is 0 Å². The zero-order chi connectivity index (χ0) is 13.6. The van der Waals surface area contributed by atoms with Gasteiger partial charge in [-0.05, 0) is 44.7 Å². The third-order valence-electron chi connectivity index (χ3n) is 4.48. The first kappa shape index (κ1) is 12.8. The van der Waals surface area contributed by atoms with Crippen LogP contribution < -0.4 is 0 Å². The van der Waals surface area contributed by atoms with Gasteiger partial charge >= 0.3 is 0 Å². The molecule has 0 radical (unpaired) electrons. The molecule has 2 saturated heterocycles. The average Bonchev–Trinajstić information content (AvgIpc) is 2.58. The van der Waals surface area contributed by atoms with Crippen LogP contribution in [0.4, 0.5) is 0 Å². The molecule has 1 aromatic heterocycles. The molecule has 0 saturated carbocycles. The highest BCUT2D eigenvalue weighted by atomic mass is 32.2. The molecule has 2 bridgehead atoms. The van der Waals surface area contributed by atoms with E-state index in [9.17, 15) is 13.2 Å². The predicted molar refractivity (Wildman–Crippen MR) is 71.8 cm³/mol. The van der Waals surface area contributed by atoms with Crippen LogP contribution in [0.5, 0.6) is 0 Å². The summed E-state index contributed by atoms with van der Waals surface area (Å²) in [6, 6.07) is 3.55. The summed E-state index contributed by atoms with van der Waals surface area (Å²) in [4.78, 5) is 16.7. The molecule has 3 heterocycles. The molecule has 0 N–H and O–H groups in total. The molecule has 2 unspecified atom stereocenters. The summed E-state index contributed by atoms with van der Waals surface area (Å²) in [6.07, 6.45) is 4.10. The number of fused-ring (bicyclic) bond motifs is 2. The van der Waals surface area contributed by atoms with E-state index < -0.39 is 9.84 Å². The quantitative estimate of drug-likeness (QED) is 0.776. The van der Waals surface area contributed by atoms with E-state index in [2.05, 4.69) is 4.98 Å². The number of nitrogens with zero attached hydrogens (tertiary/aromatic N) is 1. The molecule has 0 aromatic carbocycles. The average molecular weight is 279 g/mol. The highest BCUT2D eigenvalue weighted by molar-refractivity contribution is 7.93. The van der Waals surface area contributed by atoms with Gasteiger partial charge in [0.25, 0.3) is 0 Å². The van der Waals surface area contributed by atoms with Crippen LogP contribution in [0.25, 0.3) is 0 Å². The number of aromatic nitrogens is 1. The van der Waals surface area contributed by atoms with E-state index in [0.29, 0.717) is 18.4 Å². The van der Waals surface area contributed by atoms with Gasteiger partial charge in [0.2, 0.25) is 0 Å². The maximum atomic E-state index is 12.5. The van der Waals surface area contributed by atoms with Crippen molar-refractivity contribution < 1.29 is 13.2 Å². The predicted octanol–water partition coefficient (Wildman–Crippen LogP) is 1.93. The first-order chi connectivity index (χ1) is 9.00. The number of rotatable bonds is 2. The second kappa shape index (κ2) is 4.40. The summed E-state index contributed by atoms with van der Waals surface area (Å²) >= 11 is 0. The number of carbonyl (C=O) groups excluding carboxylic acids is 1. The molecule has 102 valence electrons. The smallest absolute Gasteiger partial charge is 0.167 e. The first-order valence-corrected chi connectivity index (χ1v) is 8.29. The summed E-state index contributed by atoms with van der Waals surface area (Å²) in [5.41, 5.74) is 1.37. The Hall–Kier alpha value is -1.23. The van der Waals surface area contributed by atoms with Gasteiger partial charge in [0.15, 0.2) is 15.6 Å². The van der Waals surface area contributed by atoms with E-state index in [0.717, 1.165) is 18.5 Å². The Bertz CT molecular complexity index is 603. The Balaban J connectivity index is 1.86. The zero-order valence-corrected chi connectivity index (χ0v) is 11.7. The number of hydrogen-bond acceptors (Lipinski definition) is 4. The minimum Gasteiger partial charge on any atom is -0.294 e. The molecule has 4 nitrogen and oxygen atoms in total. The third kappa shape index (κ3) is 2.00. The Morgan fingerprint density at radius 1 is 1.26 bits per heavy atom. The summed E-state index contributed by atoms with van der Waals surface area (Å²) in [5, 5.41) is -0.589. The fourth-order valence-corrected chi connectivity index (χ4v) is 5.86. The largest absolute Gasteiger partial charge is 0.294 e. The number of pyridine rings is 1. The molecule has 0 amide bonds. The topological polar surface area (TPSA) is 64.1 Å². The number of Topliss-reactive ketones (excluding diaryl/α,β-unsaturated/α-hetero) is 1. The molecule has 2 aliphatic rings. The zero-order valence-electron chi connectivity index (χ0n) is 10.9. The second-order valence-electron chi connectivity index (χ2n) is 5.58. The number of aryl methyl sites for hydroxylation is 1. The van der Waals surface area contributed by atoms with Crippen LogP contribution in [-0.2, 0) is 9.84 Å². The number of carbonyl (C=O) groups is 1. The van der Waals surface area contributed by atoms with Crippen molar-refractivity contribution in [2.75, 3.05) is 0 Å². The molecule has 0 spiro atoms. The molecule has 5 heteroatoms. The Morgan fingerprint density at radius 3 is 2.47 bits per heavy atom. The number of sulfone groups is 1. The van der Waals surface area contributed by atoms with Gasteiger partial charge in [-0.15, -0.1) is 0 Å². The first-order valence-electron chi connectivity index (χ1n) is 6.68. The maximum Gasteiger partial charge on any atom is 0.167 e. The van der Waals surface area contributed by atoms with E-state index in [1.807, 2.05) is 6.92 Å². The molecule has 19 heavy (non-hydrogen) atoms. The van der Waals surface area contributed by atoms with Crippen molar-refractivity contribution in [1.82, 2.24) is 4.98 Å². The highest BCUT2D eigenvalue weighted by Gasteiger charge is 2.48. The maximum absolute atomic E-state index is 12.5. The van der Waals surface area contributed by atoms with Crippen LogP contribution in [0, 0.1) is 12.8 Å². The molecule has 0 aliphatic carbocycles. The third-order valence-corrected chi connectivity index (χ3v) is 7.19. The fourth-order valence-electron chi connectivity index (χ4n) is 3.39. The van der Waals surface area contributed by atoms with Crippen molar-refractivity contribution in [3.05, 3.63) is 29.6 Å². The van der Waals surface area contributed by atoms with Crippen molar-refractivity contribution in [2.45, 2.75) is 43.1 Å². The van der Waals surface area contributed by atoms with Crippen molar-refractivity contribution in [2.24, 2.45) is 5.92 Å². The Labute approximate surface area is 113 Å². The number of ketones is 1. The van der Waals surface area contributed by atoms with Gasteiger partial charge in [0.1, 0.15) is 0 Å². The Morgan fingerprint density at radius 2 is 1.89 bits per heavy atom. The lowest BCUT2D eigenvalue weighted by molar-refractivity contribution is 0.0904. The van der Waals surface area contributed by atoms with Crippen LogP contribution >= 0.6 is 0 Å². The van der Waals surface area contributed by atoms with Gasteiger partial charge < -0.3 is 0 Å². The fraction of sp³-hybridized carbons (Fsp3) is 0.571. The van der Waals surface area contributed by atoms with Crippen LogP contribution in [0.1, 0.15) is 41.7 Å². The van der Waals surface area contributed by atoms with Gasteiger partial charge in [-0.1, -0.05) is 0 Å². The van der Waals surface area contributed by atoms with E-state index in [1.54, 1.807) is 18.3 Å². The van der Waals surface area contributed by atoms with Crippen molar-refractivity contribution in [3.8, 4) is 0 Å². The molecular weight excluding hydrogens is 262 g/mol. The van der Waals surface area contributed by atoms with Crippen molar-refractivity contribution in [1.29, 1.82) is 0 Å². The molecule has 2 atom stereocenters. The van der Waals surface area contributed by atoms with Crippen LogP contribution in [-0.4, -0.2) is 29.7 Å². The number of hydrogen-bond donors (Lipinski definition) is 0. The lowest BCUT2D eigenvalue weighted by atomic mass is 9.90. The van der Waals surface area contributed by atoms with Gasteiger partial charge in [0, 0.05) is 23.4 Å². The van der Waals surface area contributed by atoms with Crippen LogP contribution in [0.15, 0.2) is 18.3 Å². The summed E-state index contributed by atoms with van der Waals surface area (Å²) in [5.74, 6) is -0.0821. The summed E-state index contributed by atoms with van der Waals surface area (Å²) in [7, 11) is -2.96. The minimum atomic E-state index is -2.96. The molecular formula is C14H17NO3S. The van der Waals surface area contributed by atoms with Crippen molar-refractivity contribution >= 4 is 15.6 Å². The van der Waals surface area contributed by atoms with Gasteiger partial charge in [-0.2, -0.15) is 0 Å². The second-order valence-corrected chi connectivity index (χ2v) is 8.09. The normalized spacial score (nSPS) is 32.2. The van der Waals surface area contributed by atoms with E-state index in [-0.39, 0.29) is 22.2 Å². The highest BCUT2D eigenvalue weighted by Crippen LogP contribution is 2.42.